The van der Waals surface area contributed by atoms with Gasteiger partial charge in [0.2, 0.25) is 0 Å². The Morgan fingerprint density at radius 3 is 2.41 bits per heavy atom. The molecule has 1 aliphatic rings. The van der Waals surface area contributed by atoms with Crippen LogP contribution in [0.5, 0.6) is 17.2 Å². The standard InChI is InChI=1S/C12H16BrNO3/c1-16-8-6-7(13)10(15)9(11(8)17-2)12(14)4-3-5-12/h6,15H,3-5,14H2,1-2H3. The van der Waals surface area contributed by atoms with Crippen molar-refractivity contribution >= 4 is 15.9 Å². The lowest BCUT2D eigenvalue weighted by molar-refractivity contribution is 0.231. The lowest BCUT2D eigenvalue weighted by atomic mass is 9.72. The molecule has 0 unspecified atom stereocenters. The number of hydrogen-bond acceptors (Lipinski definition) is 4. The van der Waals surface area contributed by atoms with Gasteiger partial charge in [-0.3, -0.25) is 0 Å². The SMILES string of the molecule is COc1cc(Br)c(O)c(C2(N)CCC2)c1OC. The smallest absolute Gasteiger partial charge is 0.169 e. The molecular weight excluding hydrogens is 286 g/mol. The van der Waals surface area contributed by atoms with Gasteiger partial charge in [0.05, 0.1) is 24.3 Å². The van der Waals surface area contributed by atoms with Crippen LogP contribution < -0.4 is 15.2 Å². The van der Waals surface area contributed by atoms with Gasteiger partial charge < -0.3 is 20.3 Å². The molecule has 0 radical (unpaired) electrons. The highest BCUT2D eigenvalue weighted by Gasteiger charge is 2.40. The van der Waals surface area contributed by atoms with Crippen LogP contribution in [0.25, 0.3) is 0 Å². The van der Waals surface area contributed by atoms with Crippen LogP contribution in [0.15, 0.2) is 10.5 Å². The van der Waals surface area contributed by atoms with E-state index < -0.39 is 5.54 Å². The number of rotatable bonds is 3. The minimum Gasteiger partial charge on any atom is -0.506 e. The molecule has 0 atom stereocenters. The predicted octanol–water partition coefficient (Wildman–Crippen LogP) is 2.51. The second-order valence-corrected chi connectivity index (χ2v) is 5.18. The maximum Gasteiger partial charge on any atom is 0.169 e. The largest absolute Gasteiger partial charge is 0.506 e. The highest BCUT2D eigenvalue weighted by Crippen LogP contribution is 2.52. The summed E-state index contributed by atoms with van der Waals surface area (Å²) in [6, 6.07) is 1.68. The van der Waals surface area contributed by atoms with Gasteiger partial charge in [-0.05, 0) is 35.2 Å². The Morgan fingerprint density at radius 2 is 2.00 bits per heavy atom. The molecule has 0 amide bonds. The Morgan fingerprint density at radius 1 is 1.35 bits per heavy atom. The summed E-state index contributed by atoms with van der Waals surface area (Å²) in [6.07, 6.45) is 2.75. The predicted molar refractivity (Wildman–Crippen MR) is 68.6 cm³/mol. The molecule has 1 saturated carbocycles. The summed E-state index contributed by atoms with van der Waals surface area (Å²) < 4.78 is 11.2. The molecule has 0 aromatic heterocycles. The molecule has 0 spiro atoms. The van der Waals surface area contributed by atoms with Crippen molar-refractivity contribution in [2.45, 2.75) is 24.8 Å². The van der Waals surface area contributed by atoms with Gasteiger partial charge in [0.1, 0.15) is 5.75 Å². The second kappa shape index (κ2) is 4.38. The summed E-state index contributed by atoms with van der Waals surface area (Å²) >= 11 is 3.31. The number of ether oxygens (including phenoxy) is 2. The zero-order valence-corrected chi connectivity index (χ0v) is 11.5. The van der Waals surface area contributed by atoms with E-state index in [0.29, 0.717) is 21.5 Å². The van der Waals surface area contributed by atoms with Crippen molar-refractivity contribution in [2.75, 3.05) is 14.2 Å². The summed E-state index contributed by atoms with van der Waals surface area (Å²) in [4.78, 5) is 0. The molecule has 1 aliphatic carbocycles. The van der Waals surface area contributed by atoms with Gasteiger partial charge in [-0.25, -0.2) is 0 Å². The van der Waals surface area contributed by atoms with E-state index in [-0.39, 0.29) is 5.75 Å². The van der Waals surface area contributed by atoms with Crippen molar-refractivity contribution in [1.29, 1.82) is 0 Å². The van der Waals surface area contributed by atoms with Crippen LogP contribution >= 0.6 is 15.9 Å². The lowest BCUT2D eigenvalue weighted by Gasteiger charge is -2.40. The number of phenolic OH excluding ortho intramolecular Hbond substituents is 1. The molecule has 0 saturated heterocycles. The number of hydrogen-bond donors (Lipinski definition) is 2. The van der Waals surface area contributed by atoms with E-state index >= 15 is 0 Å². The first kappa shape index (κ1) is 12.5. The molecular formula is C12H16BrNO3. The molecule has 3 N–H and O–H groups in total. The fraction of sp³-hybridized carbons (Fsp3) is 0.500. The van der Waals surface area contributed by atoms with Crippen molar-refractivity contribution in [3.63, 3.8) is 0 Å². The highest BCUT2D eigenvalue weighted by atomic mass is 79.9. The van der Waals surface area contributed by atoms with Crippen molar-refractivity contribution in [1.82, 2.24) is 0 Å². The van der Waals surface area contributed by atoms with E-state index in [4.69, 9.17) is 15.2 Å². The average molecular weight is 302 g/mol. The van der Waals surface area contributed by atoms with Gasteiger partial charge in [-0.15, -0.1) is 0 Å². The fourth-order valence-electron chi connectivity index (χ4n) is 2.22. The molecule has 2 rings (SSSR count). The van der Waals surface area contributed by atoms with Gasteiger partial charge >= 0.3 is 0 Å². The summed E-state index contributed by atoms with van der Waals surface area (Å²) in [6.45, 7) is 0. The lowest BCUT2D eigenvalue weighted by Crippen LogP contribution is -2.43. The number of benzene rings is 1. The molecule has 0 bridgehead atoms. The zero-order chi connectivity index (χ0) is 12.6. The van der Waals surface area contributed by atoms with Gasteiger partial charge in [0.15, 0.2) is 11.5 Å². The number of methoxy groups -OCH3 is 2. The summed E-state index contributed by atoms with van der Waals surface area (Å²) in [5.74, 6) is 1.24. The van der Waals surface area contributed by atoms with Crippen molar-refractivity contribution in [3.05, 3.63) is 16.1 Å². The van der Waals surface area contributed by atoms with Crippen LogP contribution in [0.3, 0.4) is 0 Å². The molecule has 94 valence electrons. The first-order valence-electron chi connectivity index (χ1n) is 5.46. The van der Waals surface area contributed by atoms with Gasteiger partial charge in [0.25, 0.3) is 0 Å². The third kappa shape index (κ3) is 1.87. The van der Waals surface area contributed by atoms with E-state index in [1.807, 2.05) is 0 Å². The Labute approximate surface area is 109 Å². The summed E-state index contributed by atoms with van der Waals surface area (Å²) in [7, 11) is 3.12. The van der Waals surface area contributed by atoms with Gasteiger partial charge in [-0.2, -0.15) is 0 Å². The third-order valence-electron chi connectivity index (χ3n) is 3.34. The molecule has 1 aromatic carbocycles. The topological polar surface area (TPSA) is 64.7 Å². The minimum absolute atomic E-state index is 0.143. The van der Waals surface area contributed by atoms with E-state index in [1.54, 1.807) is 20.3 Å². The van der Waals surface area contributed by atoms with Crippen LogP contribution in [-0.4, -0.2) is 19.3 Å². The quantitative estimate of drug-likeness (QED) is 0.900. The minimum atomic E-state index is -0.507. The van der Waals surface area contributed by atoms with Crippen molar-refractivity contribution in [3.8, 4) is 17.2 Å². The first-order chi connectivity index (χ1) is 8.03. The van der Waals surface area contributed by atoms with Crippen LogP contribution in [0.4, 0.5) is 0 Å². The number of nitrogens with two attached hydrogens (primary N) is 1. The Hall–Kier alpha value is -0.940. The second-order valence-electron chi connectivity index (χ2n) is 4.33. The van der Waals surface area contributed by atoms with E-state index in [0.717, 1.165) is 19.3 Å². The maximum absolute atomic E-state index is 10.2. The van der Waals surface area contributed by atoms with Gasteiger partial charge in [0, 0.05) is 11.6 Å². The molecule has 17 heavy (non-hydrogen) atoms. The normalized spacial score (nSPS) is 17.4. The maximum atomic E-state index is 10.2. The van der Waals surface area contributed by atoms with Crippen LogP contribution in [0.2, 0.25) is 0 Å². The number of aromatic hydroxyl groups is 1. The van der Waals surface area contributed by atoms with E-state index in [2.05, 4.69) is 15.9 Å². The monoisotopic (exact) mass is 301 g/mol. The molecule has 0 aliphatic heterocycles. The summed E-state index contributed by atoms with van der Waals surface area (Å²) in [5.41, 5.74) is 6.41. The average Bonchev–Trinajstić information content (AvgIpc) is 2.28. The molecule has 5 heteroatoms. The van der Waals surface area contributed by atoms with Crippen LogP contribution in [0.1, 0.15) is 24.8 Å². The number of halogens is 1. The van der Waals surface area contributed by atoms with E-state index in [1.165, 1.54) is 0 Å². The first-order valence-corrected chi connectivity index (χ1v) is 6.25. The molecule has 4 nitrogen and oxygen atoms in total. The molecule has 1 aromatic rings. The highest BCUT2D eigenvalue weighted by molar-refractivity contribution is 9.10. The molecule has 0 heterocycles. The van der Waals surface area contributed by atoms with E-state index in [9.17, 15) is 5.11 Å². The Bertz CT molecular complexity index is 444. The van der Waals surface area contributed by atoms with Crippen LogP contribution in [-0.2, 0) is 5.54 Å². The van der Waals surface area contributed by atoms with Crippen molar-refractivity contribution < 1.29 is 14.6 Å². The molecule has 1 fully saturated rings. The number of phenols is 1. The Balaban J connectivity index is 2.65. The van der Waals surface area contributed by atoms with Crippen LogP contribution in [0, 0.1) is 0 Å². The summed E-state index contributed by atoms with van der Waals surface area (Å²) in [5, 5.41) is 10.2. The van der Waals surface area contributed by atoms with Gasteiger partial charge in [-0.1, -0.05) is 0 Å². The Kier molecular flexibility index (Phi) is 3.23. The fourth-order valence-corrected chi connectivity index (χ4v) is 2.63. The van der Waals surface area contributed by atoms with Crippen molar-refractivity contribution in [2.24, 2.45) is 5.73 Å². The third-order valence-corrected chi connectivity index (χ3v) is 3.94. The zero-order valence-electron chi connectivity index (χ0n) is 9.92.